The Morgan fingerprint density at radius 1 is 1.00 bits per heavy atom. The summed E-state index contributed by atoms with van der Waals surface area (Å²) in [7, 11) is 0. The van der Waals surface area contributed by atoms with E-state index in [1.54, 1.807) is 0 Å². The van der Waals surface area contributed by atoms with Crippen molar-refractivity contribution in [3.8, 4) is 0 Å². The Labute approximate surface area is 134 Å². The first kappa shape index (κ1) is 16.1. The van der Waals surface area contributed by atoms with Crippen LogP contribution in [-0.4, -0.2) is 66.3 Å². The molecule has 0 aromatic rings. The van der Waals surface area contributed by atoms with Gasteiger partial charge in [-0.2, -0.15) is 0 Å². The molecule has 1 saturated carbocycles. The summed E-state index contributed by atoms with van der Waals surface area (Å²) in [6, 6.07) is 0.425. The van der Waals surface area contributed by atoms with E-state index in [-0.39, 0.29) is 12.6 Å². The molecule has 2 saturated heterocycles. The van der Waals surface area contributed by atoms with Gasteiger partial charge in [-0.05, 0) is 43.9 Å². The van der Waals surface area contributed by atoms with E-state index in [1.807, 2.05) is 4.90 Å². The Kier molecular flexibility index (Phi) is 5.58. The van der Waals surface area contributed by atoms with Crippen molar-refractivity contribution in [2.24, 2.45) is 11.8 Å². The molecule has 5 nitrogen and oxygen atoms in total. The number of carbonyl (C=O) groups excluding carboxylic acids is 1. The van der Waals surface area contributed by atoms with Gasteiger partial charge >= 0.3 is 6.03 Å². The zero-order valence-electron chi connectivity index (χ0n) is 13.7. The number of rotatable bonds is 4. The molecule has 1 atom stereocenters. The predicted molar refractivity (Wildman–Crippen MR) is 86.7 cm³/mol. The second-order valence-corrected chi connectivity index (χ2v) is 7.46. The number of hydrogen-bond donors (Lipinski definition) is 2. The van der Waals surface area contributed by atoms with Gasteiger partial charge in [0.25, 0.3) is 0 Å². The first-order valence-corrected chi connectivity index (χ1v) is 9.13. The minimum atomic E-state index is 0.101. The first-order valence-electron chi connectivity index (χ1n) is 9.13. The van der Waals surface area contributed by atoms with Crippen molar-refractivity contribution in [3.63, 3.8) is 0 Å². The number of amides is 2. The zero-order chi connectivity index (χ0) is 15.4. The molecule has 1 unspecified atom stereocenters. The highest BCUT2D eigenvalue weighted by Gasteiger charge is 2.29. The molecule has 0 spiro atoms. The van der Waals surface area contributed by atoms with Crippen molar-refractivity contribution in [3.05, 3.63) is 0 Å². The highest BCUT2D eigenvalue weighted by atomic mass is 16.3. The van der Waals surface area contributed by atoms with Gasteiger partial charge in [0, 0.05) is 45.4 Å². The van der Waals surface area contributed by atoms with Gasteiger partial charge in [-0.3, -0.25) is 0 Å². The van der Waals surface area contributed by atoms with Crippen LogP contribution in [0.15, 0.2) is 0 Å². The molecule has 3 fully saturated rings. The van der Waals surface area contributed by atoms with Gasteiger partial charge in [-0.25, -0.2) is 4.79 Å². The molecule has 3 aliphatic rings. The van der Waals surface area contributed by atoms with Crippen molar-refractivity contribution in [2.75, 3.05) is 39.3 Å². The van der Waals surface area contributed by atoms with Gasteiger partial charge in [0.05, 0.1) is 0 Å². The molecule has 2 aliphatic heterocycles. The highest BCUT2D eigenvalue weighted by molar-refractivity contribution is 5.74. The maximum absolute atomic E-state index is 12.3. The van der Waals surface area contributed by atoms with Crippen LogP contribution in [0.3, 0.4) is 0 Å². The van der Waals surface area contributed by atoms with E-state index >= 15 is 0 Å². The molecule has 0 aromatic heterocycles. The van der Waals surface area contributed by atoms with E-state index in [4.69, 9.17) is 5.11 Å². The Morgan fingerprint density at radius 2 is 1.73 bits per heavy atom. The van der Waals surface area contributed by atoms with Crippen LogP contribution in [-0.2, 0) is 0 Å². The van der Waals surface area contributed by atoms with Gasteiger partial charge in [0.15, 0.2) is 0 Å². The third kappa shape index (κ3) is 4.13. The van der Waals surface area contributed by atoms with E-state index in [2.05, 4.69) is 10.2 Å². The van der Waals surface area contributed by atoms with Crippen LogP contribution in [0.25, 0.3) is 0 Å². The average molecular weight is 309 g/mol. The van der Waals surface area contributed by atoms with E-state index in [1.165, 1.54) is 32.2 Å². The Balaban J connectivity index is 1.37. The number of nitrogens with one attached hydrogen (secondary N) is 1. The van der Waals surface area contributed by atoms with Crippen LogP contribution in [0.2, 0.25) is 0 Å². The predicted octanol–water partition coefficient (Wildman–Crippen LogP) is 1.66. The van der Waals surface area contributed by atoms with Gasteiger partial charge in [0.2, 0.25) is 0 Å². The van der Waals surface area contributed by atoms with Crippen LogP contribution in [0.5, 0.6) is 0 Å². The van der Waals surface area contributed by atoms with Crippen molar-refractivity contribution in [1.29, 1.82) is 0 Å². The molecule has 2 N–H and O–H groups in total. The Morgan fingerprint density at radius 3 is 2.41 bits per heavy atom. The number of aliphatic hydroxyl groups is 1. The standard InChI is InChI=1S/C17H31N3O2/c21-13-15-5-9-20(10-6-15)17(22)18-16-7-8-19(12-16)11-14-3-1-2-4-14/h14-16,21H,1-13H2,(H,18,22). The molecule has 0 radical (unpaired) electrons. The summed E-state index contributed by atoms with van der Waals surface area (Å²) in [5.41, 5.74) is 0. The van der Waals surface area contributed by atoms with Crippen molar-refractivity contribution >= 4 is 6.03 Å². The molecule has 2 heterocycles. The number of aliphatic hydroxyl groups excluding tert-OH is 1. The van der Waals surface area contributed by atoms with Crippen LogP contribution >= 0.6 is 0 Å². The van der Waals surface area contributed by atoms with E-state index in [9.17, 15) is 4.79 Å². The maximum atomic E-state index is 12.3. The van der Waals surface area contributed by atoms with Gasteiger partial charge < -0.3 is 20.2 Å². The summed E-state index contributed by atoms with van der Waals surface area (Å²) in [6.45, 7) is 5.22. The van der Waals surface area contributed by atoms with E-state index in [0.29, 0.717) is 12.0 Å². The fourth-order valence-corrected chi connectivity index (χ4v) is 4.26. The maximum Gasteiger partial charge on any atom is 0.317 e. The van der Waals surface area contributed by atoms with Crippen LogP contribution < -0.4 is 5.32 Å². The lowest BCUT2D eigenvalue weighted by atomic mass is 9.98. The number of carbonyl (C=O) groups is 1. The quantitative estimate of drug-likeness (QED) is 0.830. The average Bonchev–Trinajstić information content (AvgIpc) is 3.20. The van der Waals surface area contributed by atoms with Crippen LogP contribution in [0, 0.1) is 11.8 Å². The number of nitrogens with zero attached hydrogens (tertiary/aromatic N) is 2. The smallest absolute Gasteiger partial charge is 0.317 e. The molecule has 0 aromatic carbocycles. The summed E-state index contributed by atoms with van der Waals surface area (Å²) >= 11 is 0. The third-order valence-electron chi connectivity index (χ3n) is 5.75. The van der Waals surface area contributed by atoms with Crippen LogP contribution in [0.4, 0.5) is 4.79 Å². The fourth-order valence-electron chi connectivity index (χ4n) is 4.26. The molecule has 2 amide bonds. The van der Waals surface area contributed by atoms with E-state index in [0.717, 1.165) is 51.4 Å². The number of hydrogen-bond acceptors (Lipinski definition) is 3. The Bertz CT molecular complexity index is 363. The SMILES string of the molecule is O=C(NC1CCN(CC2CCCC2)C1)N1CCC(CO)CC1. The first-order chi connectivity index (χ1) is 10.7. The summed E-state index contributed by atoms with van der Waals surface area (Å²) in [5, 5.41) is 12.4. The van der Waals surface area contributed by atoms with Crippen molar-refractivity contribution in [2.45, 2.75) is 51.0 Å². The molecule has 3 rings (SSSR count). The van der Waals surface area contributed by atoms with Gasteiger partial charge in [-0.15, -0.1) is 0 Å². The second-order valence-electron chi connectivity index (χ2n) is 7.46. The topological polar surface area (TPSA) is 55.8 Å². The largest absolute Gasteiger partial charge is 0.396 e. The zero-order valence-corrected chi connectivity index (χ0v) is 13.7. The number of likely N-dealkylation sites (tertiary alicyclic amines) is 2. The lowest BCUT2D eigenvalue weighted by Crippen LogP contribution is -2.48. The summed E-state index contributed by atoms with van der Waals surface area (Å²) in [5.74, 6) is 1.28. The highest BCUT2D eigenvalue weighted by Crippen LogP contribution is 2.26. The molecular weight excluding hydrogens is 278 g/mol. The van der Waals surface area contributed by atoms with Crippen molar-refractivity contribution in [1.82, 2.24) is 15.1 Å². The number of piperidine rings is 1. The molecule has 0 bridgehead atoms. The fraction of sp³-hybridized carbons (Fsp3) is 0.941. The van der Waals surface area contributed by atoms with Crippen LogP contribution in [0.1, 0.15) is 44.9 Å². The molecule has 1 aliphatic carbocycles. The number of urea groups is 1. The molecule has 22 heavy (non-hydrogen) atoms. The van der Waals surface area contributed by atoms with Crippen molar-refractivity contribution < 1.29 is 9.90 Å². The molecule has 5 heteroatoms. The Hall–Kier alpha value is -0.810. The lowest BCUT2D eigenvalue weighted by molar-refractivity contribution is 0.135. The summed E-state index contributed by atoms with van der Waals surface area (Å²) < 4.78 is 0. The molecular formula is C17H31N3O2. The minimum Gasteiger partial charge on any atom is -0.396 e. The molecule has 126 valence electrons. The van der Waals surface area contributed by atoms with E-state index < -0.39 is 0 Å². The third-order valence-corrected chi connectivity index (χ3v) is 5.75. The monoisotopic (exact) mass is 309 g/mol. The minimum absolute atomic E-state index is 0.101. The van der Waals surface area contributed by atoms with Gasteiger partial charge in [0.1, 0.15) is 0 Å². The lowest BCUT2D eigenvalue weighted by Gasteiger charge is -2.32. The normalized spacial score (nSPS) is 28.4. The summed E-state index contributed by atoms with van der Waals surface area (Å²) in [6.07, 6.45) is 8.56. The summed E-state index contributed by atoms with van der Waals surface area (Å²) in [4.78, 5) is 16.8. The second kappa shape index (κ2) is 7.64. The van der Waals surface area contributed by atoms with Gasteiger partial charge in [-0.1, -0.05) is 12.8 Å².